The first-order chi connectivity index (χ1) is 18.0. The van der Waals surface area contributed by atoms with Crippen LogP contribution < -0.4 is 15.0 Å². The van der Waals surface area contributed by atoms with Crippen LogP contribution in [0.25, 0.3) is 11.3 Å². The van der Waals surface area contributed by atoms with Crippen LogP contribution in [0.1, 0.15) is 16.8 Å². The van der Waals surface area contributed by atoms with Crippen molar-refractivity contribution in [3.05, 3.63) is 66.2 Å². The molecule has 0 bridgehead atoms. The Labute approximate surface area is 213 Å². The number of amides is 1. The zero-order valence-electron chi connectivity index (χ0n) is 20.0. The zero-order chi connectivity index (χ0) is 27.3. The van der Waals surface area contributed by atoms with Crippen LogP contribution in [-0.2, 0) is 0 Å². The SMILES string of the molecule is O=C(NCCCN1CCN(c2ccccc2OC(F)(F)C(F)(F)F)CC1)c1conc1-c1ccc(F)cc1. The molecule has 0 radical (unpaired) electrons. The van der Waals surface area contributed by atoms with Gasteiger partial charge in [0.1, 0.15) is 29.1 Å². The molecule has 0 spiro atoms. The molecule has 1 amide bonds. The molecule has 1 aliphatic heterocycles. The van der Waals surface area contributed by atoms with Crippen LogP contribution in [0.3, 0.4) is 0 Å². The number of hydrogen-bond donors (Lipinski definition) is 1. The van der Waals surface area contributed by atoms with Crippen LogP contribution in [0.15, 0.2) is 59.3 Å². The second kappa shape index (κ2) is 11.3. The van der Waals surface area contributed by atoms with Crippen molar-refractivity contribution in [2.45, 2.75) is 18.7 Å². The van der Waals surface area contributed by atoms with Gasteiger partial charge in [-0.05, 0) is 49.4 Å². The largest absolute Gasteiger partial charge is 0.499 e. The van der Waals surface area contributed by atoms with Crippen LogP contribution in [0.4, 0.5) is 32.0 Å². The lowest BCUT2D eigenvalue weighted by molar-refractivity contribution is -0.360. The summed E-state index contributed by atoms with van der Waals surface area (Å²) in [6.07, 6.45) is -9.30. The van der Waals surface area contributed by atoms with E-state index in [1.807, 2.05) is 0 Å². The minimum absolute atomic E-state index is 0.161. The molecular weight excluding hydrogens is 518 g/mol. The van der Waals surface area contributed by atoms with Crippen molar-refractivity contribution in [2.24, 2.45) is 0 Å². The van der Waals surface area contributed by atoms with Crippen LogP contribution in [0, 0.1) is 5.82 Å². The van der Waals surface area contributed by atoms with E-state index in [1.165, 1.54) is 42.7 Å². The number of nitrogens with one attached hydrogen (secondary N) is 1. The maximum atomic E-state index is 13.4. The summed E-state index contributed by atoms with van der Waals surface area (Å²) in [4.78, 5) is 16.4. The maximum absolute atomic E-state index is 13.4. The number of piperazine rings is 1. The molecule has 13 heteroatoms. The van der Waals surface area contributed by atoms with Crippen LogP contribution in [-0.4, -0.2) is 67.5 Å². The number of aromatic nitrogens is 1. The molecule has 1 fully saturated rings. The Morgan fingerprint density at radius 3 is 2.37 bits per heavy atom. The van der Waals surface area contributed by atoms with E-state index in [0.717, 1.165) is 6.07 Å². The third-order valence-corrected chi connectivity index (χ3v) is 6.02. The maximum Gasteiger partial charge on any atom is 0.499 e. The molecule has 4 rings (SSSR count). The molecule has 1 saturated heterocycles. The highest BCUT2D eigenvalue weighted by Gasteiger charge is 2.61. The highest BCUT2D eigenvalue weighted by Crippen LogP contribution is 2.40. The molecule has 0 aliphatic carbocycles. The average Bonchev–Trinajstić information content (AvgIpc) is 3.37. The molecule has 0 saturated carbocycles. The van der Waals surface area contributed by atoms with E-state index in [-0.39, 0.29) is 17.2 Å². The molecule has 7 nitrogen and oxygen atoms in total. The third kappa shape index (κ3) is 6.39. The summed E-state index contributed by atoms with van der Waals surface area (Å²) in [5.74, 6) is -1.34. The molecule has 1 N–H and O–H groups in total. The highest BCUT2D eigenvalue weighted by molar-refractivity contribution is 5.99. The lowest BCUT2D eigenvalue weighted by Crippen LogP contribution is -2.47. The fraction of sp³-hybridized carbons (Fsp3) is 0.360. The van der Waals surface area contributed by atoms with Gasteiger partial charge < -0.3 is 19.5 Å². The molecule has 3 aromatic rings. The standard InChI is InChI=1S/C25H24F6N4O3/c26-18-8-6-17(7-9-18)22-19(16-37-33-22)23(36)32-10-3-11-34-12-14-35(15-13-34)20-4-1-2-5-21(20)38-25(30,31)24(27,28)29/h1-2,4-9,16H,3,10-15H2,(H,32,36). The zero-order valence-corrected chi connectivity index (χ0v) is 20.0. The fourth-order valence-electron chi connectivity index (χ4n) is 4.03. The Kier molecular flexibility index (Phi) is 8.14. The van der Waals surface area contributed by atoms with Gasteiger partial charge in [-0.2, -0.15) is 22.0 Å². The van der Waals surface area contributed by atoms with Gasteiger partial charge in [0.15, 0.2) is 0 Å². The summed E-state index contributed by atoms with van der Waals surface area (Å²) in [5.41, 5.74) is 1.23. The van der Waals surface area contributed by atoms with E-state index in [0.29, 0.717) is 56.9 Å². The Hall–Kier alpha value is -3.74. The minimum Gasteiger partial charge on any atom is -0.424 e. The van der Waals surface area contributed by atoms with Crippen molar-refractivity contribution in [1.29, 1.82) is 0 Å². The number of benzene rings is 2. The summed E-state index contributed by atoms with van der Waals surface area (Å²) in [7, 11) is 0. The van der Waals surface area contributed by atoms with Crippen molar-refractivity contribution < 1.29 is 40.4 Å². The first-order valence-corrected chi connectivity index (χ1v) is 11.7. The van der Waals surface area contributed by atoms with Gasteiger partial charge in [-0.1, -0.05) is 17.3 Å². The smallest absolute Gasteiger partial charge is 0.424 e. The van der Waals surface area contributed by atoms with E-state index in [1.54, 1.807) is 11.0 Å². The number of anilines is 1. The van der Waals surface area contributed by atoms with Gasteiger partial charge in [0.25, 0.3) is 5.91 Å². The van der Waals surface area contributed by atoms with E-state index >= 15 is 0 Å². The quantitative estimate of drug-likeness (QED) is 0.305. The molecule has 204 valence electrons. The predicted molar refractivity (Wildman–Crippen MR) is 126 cm³/mol. The number of rotatable bonds is 9. The van der Waals surface area contributed by atoms with Crippen molar-refractivity contribution in [3.63, 3.8) is 0 Å². The van der Waals surface area contributed by atoms with Crippen LogP contribution in [0.2, 0.25) is 0 Å². The second-order valence-corrected chi connectivity index (χ2v) is 8.61. The molecule has 2 aromatic carbocycles. The molecule has 2 heterocycles. The number of carbonyl (C=O) groups is 1. The Balaban J connectivity index is 1.24. The second-order valence-electron chi connectivity index (χ2n) is 8.61. The average molecular weight is 542 g/mol. The van der Waals surface area contributed by atoms with Crippen LogP contribution >= 0.6 is 0 Å². The number of ether oxygens (including phenoxy) is 1. The topological polar surface area (TPSA) is 70.8 Å². The number of nitrogens with zero attached hydrogens (tertiary/aromatic N) is 3. The van der Waals surface area contributed by atoms with Gasteiger partial charge in [-0.25, -0.2) is 4.39 Å². The molecular formula is C25H24F6N4O3. The summed E-state index contributed by atoms with van der Waals surface area (Å²) < 4.78 is 86.8. The van der Waals surface area contributed by atoms with E-state index in [4.69, 9.17) is 4.52 Å². The molecule has 38 heavy (non-hydrogen) atoms. The summed E-state index contributed by atoms with van der Waals surface area (Å²) in [5, 5.41) is 6.62. The van der Waals surface area contributed by atoms with Crippen molar-refractivity contribution in [2.75, 3.05) is 44.2 Å². The van der Waals surface area contributed by atoms with E-state index in [9.17, 15) is 31.1 Å². The summed E-state index contributed by atoms with van der Waals surface area (Å²) >= 11 is 0. The lowest BCUT2D eigenvalue weighted by Gasteiger charge is -2.37. The molecule has 1 aromatic heterocycles. The Morgan fingerprint density at radius 2 is 1.68 bits per heavy atom. The number of halogens is 6. The monoisotopic (exact) mass is 542 g/mol. The van der Waals surface area contributed by atoms with Gasteiger partial charge in [0.2, 0.25) is 0 Å². The summed E-state index contributed by atoms with van der Waals surface area (Å²) in [6.45, 7) is 2.86. The van der Waals surface area contributed by atoms with Crippen molar-refractivity contribution in [3.8, 4) is 17.0 Å². The molecule has 1 aliphatic rings. The van der Waals surface area contributed by atoms with Gasteiger partial charge >= 0.3 is 12.3 Å². The Morgan fingerprint density at radius 1 is 1.00 bits per heavy atom. The number of carbonyl (C=O) groups excluding carboxylic acids is 1. The third-order valence-electron chi connectivity index (χ3n) is 6.02. The van der Waals surface area contributed by atoms with Crippen molar-refractivity contribution >= 4 is 11.6 Å². The van der Waals surface area contributed by atoms with Gasteiger partial charge in [0.05, 0.1) is 5.69 Å². The van der Waals surface area contributed by atoms with E-state index < -0.39 is 23.9 Å². The fourth-order valence-corrected chi connectivity index (χ4v) is 4.03. The van der Waals surface area contributed by atoms with Crippen LogP contribution in [0.5, 0.6) is 5.75 Å². The van der Waals surface area contributed by atoms with Crippen molar-refractivity contribution in [1.82, 2.24) is 15.4 Å². The first-order valence-electron chi connectivity index (χ1n) is 11.7. The van der Waals surface area contributed by atoms with E-state index in [2.05, 4.69) is 20.1 Å². The summed E-state index contributed by atoms with van der Waals surface area (Å²) in [6, 6.07) is 10.9. The van der Waals surface area contributed by atoms with Gasteiger partial charge in [-0.3, -0.25) is 9.69 Å². The Bertz CT molecular complexity index is 1220. The minimum atomic E-state index is -5.83. The predicted octanol–water partition coefficient (Wildman–Crippen LogP) is 4.96. The number of alkyl halides is 5. The molecule has 0 unspecified atom stereocenters. The van der Waals surface area contributed by atoms with Gasteiger partial charge in [0, 0.05) is 38.3 Å². The van der Waals surface area contributed by atoms with Gasteiger partial charge in [-0.15, -0.1) is 0 Å². The highest BCUT2D eigenvalue weighted by atomic mass is 19.4. The first kappa shape index (κ1) is 27.3. The number of hydrogen-bond acceptors (Lipinski definition) is 6. The lowest BCUT2D eigenvalue weighted by atomic mass is 10.1. The number of para-hydroxylation sites is 2. The normalized spacial score (nSPS) is 14.9. The molecule has 0 atom stereocenters.